The van der Waals surface area contributed by atoms with E-state index >= 15 is 0 Å². The van der Waals surface area contributed by atoms with Crippen molar-refractivity contribution in [2.45, 2.75) is 64.1 Å². The lowest BCUT2D eigenvalue weighted by Crippen LogP contribution is -2.51. The number of nitrogens with zero attached hydrogens (tertiary/aromatic N) is 1. The van der Waals surface area contributed by atoms with Crippen LogP contribution in [0.3, 0.4) is 0 Å². The molecule has 1 atom stereocenters. The second-order valence-corrected chi connectivity index (χ2v) is 8.05. The van der Waals surface area contributed by atoms with Gasteiger partial charge in [0.25, 0.3) is 0 Å². The fraction of sp³-hybridized carbons (Fsp3) is 0.440. The molecule has 0 unspecified atom stereocenters. The van der Waals surface area contributed by atoms with Gasteiger partial charge in [-0.3, -0.25) is 9.59 Å². The van der Waals surface area contributed by atoms with Crippen LogP contribution in [0.25, 0.3) is 0 Å². The maximum atomic E-state index is 14.2. The number of halogens is 1. The maximum absolute atomic E-state index is 14.2. The molecule has 1 aliphatic carbocycles. The van der Waals surface area contributed by atoms with Crippen LogP contribution < -0.4 is 10.1 Å². The molecule has 0 saturated heterocycles. The van der Waals surface area contributed by atoms with Crippen molar-refractivity contribution < 1.29 is 18.7 Å². The molecule has 2 aromatic carbocycles. The summed E-state index contributed by atoms with van der Waals surface area (Å²) in [6, 6.07) is 13.2. The summed E-state index contributed by atoms with van der Waals surface area (Å²) in [6.45, 7) is 2.17. The van der Waals surface area contributed by atoms with E-state index in [1.165, 1.54) is 6.07 Å². The molecule has 1 fully saturated rings. The van der Waals surface area contributed by atoms with Gasteiger partial charge in [-0.1, -0.05) is 50.1 Å². The topological polar surface area (TPSA) is 58.6 Å². The summed E-state index contributed by atoms with van der Waals surface area (Å²) in [6.07, 6.45) is 4.58. The molecule has 1 aliphatic rings. The molecule has 6 heteroatoms. The Morgan fingerprint density at radius 1 is 1.13 bits per heavy atom. The SMILES string of the molecule is CC[C@@H](C(=O)NC1CCCC1)N(Cc1ccc(OC)cc1)C(=O)Cc1ccccc1F. The zero-order chi connectivity index (χ0) is 22.2. The quantitative estimate of drug-likeness (QED) is 0.652. The third kappa shape index (κ3) is 6.06. The number of amides is 2. The molecular weight excluding hydrogens is 395 g/mol. The van der Waals surface area contributed by atoms with Crippen molar-refractivity contribution in [3.05, 3.63) is 65.5 Å². The van der Waals surface area contributed by atoms with Gasteiger partial charge >= 0.3 is 0 Å². The van der Waals surface area contributed by atoms with Gasteiger partial charge in [-0.15, -0.1) is 0 Å². The number of ether oxygens (including phenoxy) is 1. The summed E-state index contributed by atoms with van der Waals surface area (Å²) in [5.74, 6) is -0.0955. The van der Waals surface area contributed by atoms with Gasteiger partial charge in [0.05, 0.1) is 13.5 Å². The lowest BCUT2D eigenvalue weighted by Gasteiger charge is -2.31. The van der Waals surface area contributed by atoms with Crippen molar-refractivity contribution in [1.29, 1.82) is 0 Å². The van der Waals surface area contributed by atoms with Gasteiger partial charge < -0.3 is 15.0 Å². The van der Waals surface area contributed by atoms with Gasteiger partial charge in [0.15, 0.2) is 0 Å². The van der Waals surface area contributed by atoms with Crippen LogP contribution in [-0.4, -0.2) is 35.9 Å². The van der Waals surface area contributed by atoms with E-state index in [-0.39, 0.29) is 30.8 Å². The van der Waals surface area contributed by atoms with Crippen LogP contribution in [0.4, 0.5) is 4.39 Å². The molecule has 166 valence electrons. The normalized spacial score (nSPS) is 14.8. The van der Waals surface area contributed by atoms with Gasteiger partial charge in [0.2, 0.25) is 11.8 Å². The van der Waals surface area contributed by atoms with Crippen LogP contribution in [0.5, 0.6) is 5.75 Å². The van der Waals surface area contributed by atoms with Gasteiger partial charge in [-0.05, 0) is 48.6 Å². The highest BCUT2D eigenvalue weighted by Crippen LogP contribution is 2.21. The first-order valence-electron chi connectivity index (χ1n) is 11.0. The predicted molar refractivity (Wildman–Crippen MR) is 118 cm³/mol. The van der Waals surface area contributed by atoms with E-state index < -0.39 is 11.9 Å². The zero-order valence-electron chi connectivity index (χ0n) is 18.3. The third-order valence-electron chi connectivity index (χ3n) is 5.90. The standard InChI is InChI=1S/C25H31FN2O3/c1-3-23(25(30)27-20-9-5-6-10-20)28(17-18-12-14-21(31-2)15-13-18)24(29)16-19-8-4-7-11-22(19)26/h4,7-8,11-15,20,23H,3,5-6,9-10,16-17H2,1-2H3,(H,27,30)/t23-/m0/s1. The van der Waals surface area contributed by atoms with E-state index in [1.54, 1.807) is 30.2 Å². The monoisotopic (exact) mass is 426 g/mol. The van der Waals surface area contributed by atoms with Crippen LogP contribution in [0.1, 0.15) is 50.2 Å². The lowest BCUT2D eigenvalue weighted by atomic mass is 10.1. The van der Waals surface area contributed by atoms with Gasteiger partial charge in [0.1, 0.15) is 17.6 Å². The highest BCUT2D eigenvalue weighted by atomic mass is 19.1. The number of carbonyl (C=O) groups excluding carboxylic acids is 2. The van der Waals surface area contributed by atoms with Crippen LogP contribution in [-0.2, 0) is 22.6 Å². The number of hydrogen-bond acceptors (Lipinski definition) is 3. The van der Waals surface area contributed by atoms with Crippen LogP contribution >= 0.6 is 0 Å². The second kappa shape index (κ2) is 10.9. The first-order chi connectivity index (χ1) is 15.0. The van der Waals surface area contributed by atoms with Gasteiger partial charge in [0, 0.05) is 12.6 Å². The summed E-state index contributed by atoms with van der Waals surface area (Å²) < 4.78 is 19.4. The molecule has 2 aromatic rings. The largest absolute Gasteiger partial charge is 0.497 e. The third-order valence-corrected chi connectivity index (χ3v) is 5.90. The van der Waals surface area contributed by atoms with E-state index in [0.29, 0.717) is 12.0 Å². The van der Waals surface area contributed by atoms with Crippen molar-refractivity contribution in [3.63, 3.8) is 0 Å². The molecule has 1 N–H and O–H groups in total. The minimum atomic E-state index is -0.609. The highest BCUT2D eigenvalue weighted by Gasteiger charge is 2.30. The second-order valence-electron chi connectivity index (χ2n) is 8.05. The fourth-order valence-corrected chi connectivity index (χ4v) is 4.12. The Kier molecular flexibility index (Phi) is 8.04. The fourth-order valence-electron chi connectivity index (χ4n) is 4.12. The maximum Gasteiger partial charge on any atom is 0.243 e. The van der Waals surface area contributed by atoms with E-state index in [0.717, 1.165) is 37.0 Å². The number of carbonyl (C=O) groups is 2. The molecule has 3 rings (SSSR count). The van der Waals surface area contributed by atoms with E-state index in [4.69, 9.17) is 4.74 Å². The summed E-state index contributed by atoms with van der Waals surface area (Å²) >= 11 is 0. The highest BCUT2D eigenvalue weighted by molar-refractivity contribution is 5.88. The zero-order valence-corrected chi connectivity index (χ0v) is 18.3. The van der Waals surface area contributed by atoms with Gasteiger partial charge in [-0.2, -0.15) is 0 Å². The average molecular weight is 427 g/mol. The molecule has 5 nitrogen and oxygen atoms in total. The molecule has 0 bridgehead atoms. The summed E-state index contributed by atoms with van der Waals surface area (Å²) in [5.41, 5.74) is 1.22. The first-order valence-corrected chi connectivity index (χ1v) is 11.0. The number of rotatable bonds is 9. The van der Waals surface area contributed by atoms with Crippen LogP contribution in [0.2, 0.25) is 0 Å². The molecule has 0 spiro atoms. The molecule has 0 heterocycles. The minimum Gasteiger partial charge on any atom is -0.497 e. The Bertz CT molecular complexity index is 879. The Balaban J connectivity index is 1.82. The van der Waals surface area contributed by atoms with E-state index in [9.17, 15) is 14.0 Å². The van der Waals surface area contributed by atoms with Crippen molar-refractivity contribution >= 4 is 11.8 Å². The van der Waals surface area contributed by atoms with Gasteiger partial charge in [-0.25, -0.2) is 4.39 Å². The molecule has 0 aliphatic heterocycles. The predicted octanol–water partition coefficient (Wildman–Crippen LogP) is 4.24. The van der Waals surface area contributed by atoms with Crippen molar-refractivity contribution in [2.75, 3.05) is 7.11 Å². The van der Waals surface area contributed by atoms with Crippen molar-refractivity contribution in [3.8, 4) is 5.75 Å². The van der Waals surface area contributed by atoms with Crippen molar-refractivity contribution in [2.24, 2.45) is 0 Å². The Morgan fingerprint density at radius 2 is 1.81 bits per heavy atom. The van der Waals surface area contributed by atoms with Crippen LogP contribution in [0, 0.1) is 5.82 Å². The average Bonchev–Trinajstić information content (AvgIpc) is 3.28. The molecular formula is C25H31FN2O3. The lowest BCUT2D eigenvalue weighted by molar-refractivity contribution is -0.141. The summed E-state index contributed by atoms with van der Waals surface area (Å²) in [7, 11) is 1.60. The molecule has 0 radical (unpaired) electrons. The number of methoxy groups -OCH3 is 1. The van der Waals surface area contributed by atoms with Crippen molar-refractivity contribution in [1.82, 2.24) is 10.2 Å². The first kappa shape index (κ1) is 22.8. The number of benzene rings is 2. The number of hydrogen-bond donors (Lipinski definition) is 1. The smallest absolute Gasteiger partial charge is 0.243 e. The molecule has 2 amide bonds. The number of nitrogens with one attached hydrogen (secondary N) is 1. The van der Waals surface area contributed by atoms with E-state index in [1.807, 2.05) is 31.2 Å². The van der Waals surface area contributed by atoms with Crippen LogP contribution in [0.15, 0.2) is 48.5 Å². The molecule has 0 aromatic heterocycles. The summed E-state index contributed by atoms with van der Waals surface area (Å²) in [5, 5.41) is 3.12. The molecule has 1 saturated carbocycles. The molecule has 31 heavy (non-hydrogen) atoms. The Morgan fingerprint density at radius 3 is 2.42 bits per heavy atom. The summed E-state index contributed by atoms with van der Waals surface area (Å²) in [4.78, 5) is 28.0. The minimum absolute atomic E-state index is 0.0873. The Labute approximate surface area is 183 Å². The van der Waals surface area contributed by atoms with E-state index in [2.05, 4.69) is 5.32 Å². The Hall–Kier alpha value is -2.89.